The van der Waals surface area contributed by atoms with Crippen LogP contribution in [0.4, 0.5) is 5.69 Å². The third-order valence-electron chi connectivity index (χ3n) is 3.63. The Labute approximate surface area is 96.1 Å². The largest absolute Gasteiger partial charge is 0.357 e. The molecule has 1 N–H and O–H groups in total. The molecule has 0 radical (unpaired) electrons. The number of nitrogens with one attached hydrogen (secondary N) is 1. The summed E-state index contributed by atoms with van der Waals surface area (Å²) in [4.78, 5) is 0. The average Bonchev–Trinajstić information content (AvgIpc) is 2.44. The first-order chi connectivity index (χ1) is 6.98. The van der Waals surface area contributed by atoms with Gasteiger partial charge in [-0.15, -0.1) is 0 Å². The van der Waals surface area contributed by atoms with Gasteiger partial charge in [-0.2, -0.15) is 0 Å². The predicted octanol–water partition coefficient (Wildman–Crippen LogP) is 4.19. The molecule has 0 aliphatic carbocycles. The summed E-state index contributed by atoms with van der Waals surface area (Å²) in [6.45, 7) is 10.8. The number of benzene rings is 1. The standard InChI is InChI=1S/C13H16ClN/c1-8(2)13(4)9(3)15-12-10(13)6-5-7-11(12)14/h5-8,15H,3H2,1-2,4H3. The zero-order valence-electron chi connectivity index (χ0n) is 9.39. The minimum Gasteiger partial charge on any atom is -0.357 e. The average molecular weight is 222 g/mol. The fourth-order valence-corrected chi connectivity index (χ4v) is 2.41. The van der Waals surface area contributed by atoms with Gasteiger partial charge in [0.2, 0.25) is 0 Å². The van der Waals surface area contributed by atoms with Crippen LogP contribution in [0.5, 0.6) is 0 Å². The van der Waals surface area contributed by atoms with E-state index in [1.165, 1.54) is 5.56 Å². The summed E-state index contributed by atoms with van der Waals surface area (Å²) in [6.07, 6.45) is 0. The van der Waals surface area contributed by atoms with Gasteiger partial charge in [0.1, 0.15) is 0 Å². The Morgan fingerprint density at radius 1 is 1.40 bits per heavy atom. The van der Waals surface area contributed by atoms with E-state index in [-0.39, 0.29) is 5.41 Å². The molecule has 0 bridgehead atoms. The van der Waals surface area contributed by atoms with Crippen LogP contribution in [-0.4, -0.2) is 0 Å². The highest BCUT2D eigenvalue weighted by atomic mass is 35.5. The molecule has 1 aromatic carbocycles. The smallest absolute Gasteiger partial charge is 0.0644 e. The maximum Gasteiger partial charge on any atom is 0.0644 e. The van der Waals surface area contributed by atoms with E-state index in [9.17, 15) is 0 Å². The highest BCUT2D eigenvalue weighted by molar-refractivity contribution is 6.33. The Kier molecular flexibility index (Phi) is 2.31. The van der Waals surface area contributed by atoms with Crippen molar-refractivity contribution in [1.82, 2.24) is 0 Å². The van der Waals surface area contributed by atoms with Crippen LogP contribution in [0.25, 0.3) is 0 Å². The molecular formula is C13H16ClN. The molecule has 1 nitrogen and oxygen atoms in total. The second kappa shape index (κ2) is 3.28. The van der Waals surface area contributed by atoms with E-state index < -0.39 is 0 Å². The van der Waals surface area contributed by atoms with Crippen LogP contribution in [0.2, 0.25) is 5.02 Å². The quantitative estimate of drug-likeness (QED) is 0.750. The van der Waals surface area contributed by atoms with E-state index in [1.807, 2.05) is 12.1 Å². The van der Waals surface area contributed by atoms with Crippen molar-refractivity contribution in [3.05, 3.63) is 41.1 Å². The number of hydrogen-bond acceptors (Lipinski definition) is 1. The molecule has 0 saturated heterocycles. The van der Waals surface area contributed by atoms with E-state index in [1.54, 1.807) is 0 Å². The molecule has 15 heavy (non-hydrogen) atoms. The van der Waals surface area contributed by atoms with Crippen molar-refractivity contribution in [2.75, 3.05) is 5.32 Å². The lowest BCUT2D eigenvalue weighted by Gasteiger charge is -2.30. The van der Waals surface area contributed by atoms with Gasteiger partial charge in [-0.25, -0.2) is 0 Å². The molecule has 1 atom stereocenters. The van der Waals surface area contributed by atoms with E-state index >= 15 is 0 Å². The van der Waals surface area contributed by atoms with Crippen LogP contribution in [0, 0.1) is 5.92 Å². The summed E-state index contributed by atoms with van der Waals surface area (Å²) in [7, 11) is 0. The van der Waals surface area contributed by atoms with Crippen LogP contribution in [0.1, 0.15) is 26.3 Å². The maximum atomic E-state index is 6.16. The summed E-state index contributed by atoms with van der Waals surface area (Å²) in [5, 5.41) is 4.09. The third-order valence-corrected chi connectivity index (χ3v) is 3.95. The molecule has 2 heteroatoms. The lowest BCUT2D eigenvalue weighted by atomic mass is 9.73. The molecule has 0 amide bonds. The molecule has 0 fully saturated rings. The van der Waals surface area contributed by atoms with Gasteiger partial charge in [0.05, 0.1) is 10.7 Å². The molecule has 80 valence electrons. The number of fused-ring (bicyclic) bond motifs is 1. The van der Waals surface area contributed by atoms with Crippen molar-refractivity contribution in [3.8, 4) is 0 Å². The van der Waals surface area contributed by atoms with Crippen LogP contribution in [-0.2, 0) is 5.41 Å². The molecule has 0 saturated carbocycles. The van der Waals surface area contributed by atoms with Crippen LogP contribution >= 0.6 is 11.6 Å². The molecule has 0 aromatic heterocycles. The SMILES string of the molecule is C=C1Nc2c(Cl)cccc2C1(C)C(C)C. The van der Waals surface area contributed by atoms with Crippen molar-refractivity contribution in [2.24, 2.45) is 5.92 Å². The Balaban J connectivity index is 2.65. The van der Waals surface area contributed by atoms with Gasteiger partial charge < -0.3 is 5.32 Å². The zero-order chi connectivity index (χ0) is 11.2. The molecule has 1 aliphatic heterocycles. The van der Waals surface area contributed by atoms with Crippen molar-refractivity contribution < 1.29 is 0 Å². The topological polar surface area (TPSA) is 12.0 Å². The fraction of sp³-hybridized carbons (Fsp3) is 0.385. The maximum absolute atomic E-state index is 6.16. The van der Waals surface area contributed by atoms with Crippen LogP contribution in [0.3, 0.4) is 0 Å². The summed E-state index contributed by atoms with van der Waals surface area (Å²) in [5.74, 6) is 0.497. The molecule has 0 spiro atoms. The Morgan fingerprint density at radius 2 is 2.07 bits per heavy atom. The van der Waals surface area contributed by atoms with Crippen LogP contribution in [0.15, 0.2) is 30.5 Å². The number of halogens is 1. The number of hydrogen-bond donors (Lipinski definition) is 1. The van der Waals surface area contributed by atoms with E-state index in [2.05, 4.69) is 38.7 Å². The van der Waals surface area contributed by atoms with Gasteiger partial charge in [-0.3, -0.25) is 0 Å². The fourth-order valence-electron chi connectivity index (χ4n) is 2.19. The summed E-state index contributed by atoms with van der Waals surface area (Å²) in [5.41, 5.74) is 3.32. The minimum absolute atomic E-state index is 0.0137. The summed E-state index contributed by atoms with van der Waals surface area (Å²) < 4.78 is 0. The zero-order valence-corrected chi connectivity index (χ0v) is 10.2. The first kappa shape index (κ1) is 10.6. The number of rotatable bonds is 1. The van der Waals surface area contributed by atoms with Gasteiger partial charge in [-0.1, -0.05) is 44.2 Å². The van der Waals surface area contributed by atoms with Gasteiger partial charge in [0, 0.05) is 11.1 Å². The third kappa shape index (κ3) is 1.30. The lowest BCUT2D eigenvalue weighted by Crippen LogP contribution is -2.28. The van der Waals surface area contributed by atoms with Gasteiger partial charge in [0.15, 0.2) is 0 Å². The van der Waals surface area contributed by atoms with E-state index in [0.29, 0.717) is 5.92 Å². The van der Waals surface area contributed by atoms with Crippen molar-refractivity contribution in [2.45, 2.75) is 26.2 Å². The molecule has 1 unspecified atom stereocenters. The molecule has 1 aliphatic rings. The Morgan fingerprint density at radius 3 is 2.67 bits per heavy atom. The summed E-state index contributed by atoms with van der Waals surface area (Å²) in [6, 6.07) is 6.04. The number of para-hydroxylation sites is 1. The van der Waals surface area contributed by atoms with Gasteiger partial charge >= 0.3 is 0 Å². The minimum atomic E-state index is -0.0137. The first-order valence-corrected chi connectivity index (χ1v) is 5.61. The summed E-state index contributed by atoms with van der Waals surface area (Å²) >= 11 is 6.16. The lowest BCUT2D eigenvalue weighted by molar-refractivity contribution is 0.412. The monoisotopic (exact) mass is 221 g/mol. The Hall–Kier alpha value is -0.950. The molecular weight excluding hydrogens is 206 g/mol. The van der Waals surface area contributed by atoms with E-state index in [0.717, 1.165) is 16.4 Å². The second-order valence-corrected chi connectivity index (χ2v) is 5.03. The normalized spacial score (nSPS) is 24.2. The number of allylic oxidation sites excluding steroid dienone is 1. The van der Waals surface area contributed by atoms with Crippen molar-refractivity contribution in [3.63, 3.8) is 0 Å². The molecule has 2 rings (SSSR count). The predicted molar refractivity (Wildman–Crippen MR) is 66.4 cm³/mol. The van der Waals surface area contributed by atoms with Crippen LogP contribution < -0.4 is 5.32 Å². The molecule has 1 aromatic rings. The van der Waals surface area contributed by atoms with Crippen molar-refractivity contribution in [1.29, 1.82) is 0 Å². The van der Waals surface area contributed by atoms with Crippen molar-refractivity contribution >= 4 is 17.3 Å². The molecule has 1 heterocycles. The highest BCUT2D eigenvalue weighted by Gasteiger charge is 2.41. The Bertz CT molecular complexity index is 423. The van der Waals surface area contributed by atoms with E-state index in [4.69, 9.17) is 11.6 Å². The highest BCUT2D eigenvalue weighted by Crippen LogP contribution is 2.49. The van der Waals surface area contributed by atoms with Gasteiger partial charge in [0.25, 0.3) is 0 Å². The number of anilines is 1. The van der Waals surface area contributed by atoms with Gasteiger partial charge in [-0.05, 0) is 24.5 Å². The first-order valence-electron chi connectivity index (χ1n) is 5.23. The second-order valence-electron chi connectivity index (χ2n) is 4.62.